The molecule has 0 aliphatic carbocycles. The van der Waals surface area contributed by atoms with Crippen molar-refractivity contribution in [1.82, 2.24) is 14.5 Å². The van der Waals surface area contributed by atoms with E-state index in [0.717, 1.165) is 61.6 Å². The van der Waals surface area contributed by atoms with Crippen LogP contribution in [-0.2, 0) is 10.8 Å². The Hall–Kier alpha value is -7.56. The molecule has 0 bridgehead atoms. The second kappa shape index (κ2) is 16.0. The van der Waals surface area contributed by atoms with Crippen molar-refractivity contribution in [3.8, 4) is 78.7 Å². The lowest BCUT2D eigenvalue weighted by molar-refractivity contribution is 0.477. The number of fused-ring (bicyclic) bond motifs is 3. The standard InChI is InChI=1S/C60H51N3O/c1-59(2,3)45-33-43(34-46(38-45)60(4,5)6)44-35-53(62-54(36-44)50-24-12-15-29-58(50)64)41-21-16-20-40(32-41)51-25-17-26-52(61-51)42-30-31-49-48-23-11-14-28-56(48)63(57(49)37-42)55-27-13-10-22-47(55)39-18-8-7-9-19-39/h7-38,64H,1-6H3. The lowest BCUT2D eigenvalue weighted by atomic mass is 9.79. The minimum Gasteiger partial charge on any atom is -0.507 e. The fourth-order valence-corrected chi connectivity index (χ4v) is 8.85. The first kappa shape index (κ1) is 40.5. The third kappa shape index (κ3) is 7.66. The van der Waals surface area contributed by atoms with Gasteiger partial charge >= 0.3 is 0 Å². The predicted molar refractivity (Wildman–Crippen MR) is 268 cm³/mol. The number of benzene rings is 7. The van der Waals surface area contributed by atoms with Gasteiger partial charge in [0, 0.05) is 38.6 Å². The van der Waals surface area contributed by atoms with E-state index in [1.54, 1.807) is 6.07 Å². The van der Waals surface area contributed by atoms with Gasteiger partial charge in [-0.05, 0) is 99.3 Å². The van der Waals surface area contributed by atoms with Gasteiger partial charge in [0.1, 0.15) is 5.75 Å². The van der Waals surface area contributed by atoms with Crippen LogP contribution in [0.2, 0.25) is 0 Å². The lowest BCUT2D eigenvalue weighted by Gasteiger charge is -2.26. The van der Waals surface area contributed by atoms with Gasteiger partial charge in [-0.15, -0.1) is 0 Å². The zero-order valence-electron chi connectivity index (χ0n) is 37.3. The molecule has 312 valence electrons. The first-order chi connectivity index (χ1) is 30.9. The number of hydrogen-bond acceptors (Lipinski definition) is 3. The van der Waals surface area contributed by atoms with E-state index < -0.39 is 0 Å². The molecule has 7 aromatic carbocycles. The van der Waals surface area contributed by atoms with E-state index >= 15 is 0 Å². The van der Waals surface area contributed by atoms with Crippen LogP contribution in [0.25, 0.3) is 94.8 Å². The van der Waals surface area contributed by atoms with Crippen LogP contribution in [0.4, 0.5) is 0 Å². The van der Waals surface area contributed by atoms with Gasteiger partial charge < -0.3 is 9.67 Å². The van der Waals surface area contributed by atoms with Gasteiger partial charge in [-0.1, -0.05) is 175 Å². The van der Waals surface area contributed by atoms with E-state index in [1.165, 1.54) is 33.0 Å². The molecule has 3 aromatic heterocycles. The summed E-state index contributed by atoms with van der Waals surface area (Å²) < 4.78 is 2.40. The van der Waals surface area contributed by atoms with Gasteiger partial charge in [0.05, 0.1) is 39.5 Å². The number of aromatic nitrogens is 3. The lowest BCUT2D eigenvalue weighted by Crippen LogP contribution is -2.16. The summed E-state index contributed by atoms with van der Waals surface area (Å²) >= 11 is 0. The highest BCUT2D eigenvalue weighted by Crippen LogP contribution is 2.40. The Morgan fingerprint density at radius 3 is 1.61 bits per heavy atom. The molecular weight excluding hydrogens is 779 g/mol. The molecule has 0 aliphatic heterocycles. The average Bonchev–Trinajstić information content (AvgIpc) is 3.65. The summed E-state index contributed by atoms with van der Waals surface area (Å²) in [4.78, 5) is 10.5. The summed E-state index contributed by atoms with van der Waals surface area (Å²) in [5.41, 5.74) is 17.4. The van der Waals surface area contributed by atoms with Gasteiger partial charge in [0.15, 0.2) is 0 Å². The number of aromatic hydroxyl groups is 1. The van der Waals surface area contributed by atoms with E-state index in [9.17, 15) is 5.11 Å². The van der Waals surface area contributed by atoms with Crippen LogP contribution in [0.1, 0.15) is 52.7 Å². The highest BCUT2D eigenvalue weighted by atomic mass is 16.3. The minimum atomic E-state index is -0.0414. The van der Waals surface area contributed by atoms with Crippen LogP contribution in [0, 0.1) is 0 Å². The quantitative estimate of drug-likeness (QED) is 0.174. The van der Waals surface area contributed by atoms with Crippen molar-refractivity contribution >= 4 is 21.8 Å². The fraction of sp³-hybridized carbons (Fsp3) is 0.133. The zero-order chi connectivity index (χ0) is 44.2. The third-order valence-electron chi connectivity index (χ3n) is 12.4. The van der Waals surface area contributed by atoms with E-state index in [-0.39, 0.29) is 16.6 Å². The molecule has 3 heterocycles. The molecule has 1 N–H and O–H groups in total. The molecule has 0 radical (unpaired) electrons. The SMILES string of the molecule is CC(C)(C)c1cc(-c2cc(-c3cccc(-c4cccc(-c5ccc6c7ccccc7n(-c7ccccc7-c7ccccc7)c6c5)n4)c3)nc(-c3ccccc3O)c2)cc(C(C)(C)C)c1. The van der Waals surface area contributed by atoms with Crippen LogP contribution < -0.4 is 0 Å². The molecule has 10 aromatic rings. The van der Waals surface area contributed by atoms with Crippen LogP contribution >= 0.6 is 0 Å². The summed E-state index contributed by atoms with van der Waals surface area (Å²) in [7, 11) is 0. The molecule has 0 unspecified atom stereocenters. The van der Waals surface area contributed by atoms with Gasteiger partial charge in [-0.2, -0.15) is 0 Å². The Labute approximate surface area is 376 Å². The number of para-hydroxylation sites is 3. The Morgan fingerprint density at radius 1 is 0.359 bits per heavy atom. The van der Waals surface area contributed by atoms with E-state index in [4.69, 9.17) is 9.97 Å². The normalized spacial score (nSPS) is 12.0. The monoisotopic (exact) mass is 829 g/mol. The number of rotatable bonds is 7. The number of nitrogens with zero attached hydrogens (tertiary/aromatic N) is 3. The van der Waals surface area contributed by atoms with Gasteiger partial charge in [-0.3, -0.25) is 0 Å². The summed E-state index contributed by atoms with van der Waals surface area (Å²) in [5, 5.41) is 13.5. The first-order valence-electron chi connectivity index (χ1n) is 22.1. The maximum Gasteiger partial charge on any atom is 0.124 e. The molecule has 0 amide bonds. The first-order valence-corrected chi connectivity index (χ1v) is 22.1. The maximum atomic E-state index is 11.1. The smallest absolute Gasteiger partial charge is 0.124 e. The Kier molecular flexibility index (Phi) is 10.1. The van der Waals surface area contributed by atoms with Crippen LogP contribution in [-0.4, -0.2) is 19.6 Å². The summed E-state index contributed by atoms with van der Waals surface area (Å²) in [6.07, 6.45) is 0. The average molecular weight is 830 g/mol. The van der Waals surface area contributed by atoms with Crippen molar-refractivity contribution in [1.29, 1.82) is 0 Å². The fourth-order valence-electron chi connectivity index (χ4n) is 8.85. The Balaban J connectivity index is 1.08. The highest BCUT2D eigenvalue weighted by molar-refractivity contribution is 6.10. The van der Waals surface area contributed by atoms with Gasteiger partial charge in [0.2, 0.25) is 0 Å². The van der Waals surface area contributed by atoms with Gasteiger partial charge in [-0.25, -0.2) is 9.97 Å². The molecule has 4 nitrogen and oxygen atoms in total. The molecule has 0 atom stereocenters. The molecule has 0 spiro atoms. The topological polar surface area (TPSA) is 50.9 Å². The second-order valence-corrected chi connectivity index (χ2v) is 18.9. The van der Waals surface area contributed by atoms with Crippen molar-refractivity contribution in [3.63, 3.8) is 0 Å². The number of phenolic OH excluding ortho intramolecular Hbond substituents is 1. The third-order valence-corrected chi connectivity index (χ3v) is 12.4. The van der Waals surface area contributed by atoms with Crippen LogP contribution in [0.3, 0.4) is 0 Å². The number of phenols is 1. The summed E-state index contributed by atoms with van der Waals surface area (Å²) in [6, 6.07) is 68.2. The molecule has 64 heavy (non-hydrogen) atoms. The molecule has 10 rings (SSSR count). The molecule has 0 aliphatic rings. The minimum absolute atomic E-state index is 0.0414. The van der Waals surface area contributed by atoms with Crippen molar-refractivity contribution < 1.29 is 5.11 Å². The molecular formula is C60H51N3O. The zero-order valence-corrected chi connectivity index (χ0v) is 37.3. The summed E-state index contributed by atoms with van der Waals surface area (Å²) in [6.45, 7) is 13.6. The van der Waals surface area contributed by atoms with Crippen LogP contribution in [0.5, 0.6) is 5.75 Å². The Morgan fingerprint density at radius 2 is 0.891 bits per heavy atom. The molecule has 0 fully saturated rings. The number of pyridine rings is 2. The predicted octanol–water partition coefficient (Wildman–Crippen LogP) is 15.9. The van der Waals surface area contributed by atoms with Crippen molar-refractivity contribution in [3.05, 3.63) is 205 Å². The van der Waals surface area contributed by atoms with Crippen molar-refractivity contribution in [2.24, 2.45) is 0 Å². The van der Waals surface area contributed by atoms with E-state index in [2.05, 4.69) is 216 Å². The number of hydrogen-bond donors (Lipinski definition) is 1. The largest absolute Gasteiger partial charge is 0.507 e. The molecule has 4 heteroatoms. The highest BCUT2D eigenvalue weighted by Gasteiger charge is 2.23. The molecule has 0 saturated carbocycles. The van der Waals surface area contributed by atoms with Gasteiger partial charge in [0.25, 0.3) is 0 Å². The van der Waals surface area contributed by atoms with E-state index in [0.29, 0.717) is 11.3 Å². The second-order valence-electron chi connectivity index (χ2n) is 18.9. The molecule has 0 saturated heterocycles. The van der Waals surface area contributed by atoms with Crippen molar-refractivity contribution in [2.45, 2.75) is 52.4 Å². The summed E-state index contributed by atoms with van der Waals surface area (Å²) in [5.74, 6) is 0.200. The van der Waals surface area contributed by atoms with Crippen LogP contribution in [0.15, 0.2) is 194 Å². The van der Waals surface area contributed by atoms with Crippen molar-refractivity contribution in [2.75, 3.05) is 0 Å². The Bertz CT molecular complexity index is 3330. The maximum absolute atomic E-state index is 11.1. The van der Waals surface area contributed by atoms with E-state index in [1.807, 2.05) is 18.2 Å².